The Bertz CT molecular complexity index is 373. The fraction of sp³-hybridized carbons (Fsp3) is 0.600. The standard InChI is InChI=1S/C15H24O/c1-8(2)15(16)14-12(6)10(4)9(3)11(5)13(14)7/h8,15-16H,1-7H3. The minimum Gasteiger partial charge on any atom is -0.388 e. The van der Waals surface area contributed by atoms with Gasteiger partial charge in [-0.3, -0.25) is 0 Å². The van der Waals surface area contributed by atoms with Crippen LogP contribution in [-0.4, -0.2) is 5.11 Å². The first-order valence-electron chi connectivity index (χ1n) is 6.03. The number of rotatable bonds is 2. The zero-order chi connectivity index (χ0) is 12.6. The monoisotopic (exact) mass is 220 g/mol. The Labute approximate surface area is 99.5 Å². The van der Waals surface area contributed by atoms with Crippen molar-refractivity contribution in [1.29, 1.82) is 0 Å². The Morgan fingerprint density at radius 3 is 1.31 bits per heavy atom. The lowest BCUT2D eigenvalue weighted by molar-refractivity contribution is 0.125. The largest absolute Gasteiger partial charge is 0.388 e. The van der Waals surface area contributed by atoms with Gasteiger partial charge in [-0.25, -0.2) is 0 Å². The summed E-state index contributed by atoms with van der Waals surface area (Å²) in [6, 6.07) is 0. The first-order chi connectivity index (χ1) is 7.29. The smallest absolute Gasteiger partial charge is 0.0818 e. The van der Waals surface area contributed by atoms with Crippen LogP contribution in [0.2, 0.25) is 0 Å². The molecule has 0 fully saturated rings. The van der Waals surface area contributed by atoms with Crippen LogP contribution in [0.25, 0.3) is 0 Å². The van der Waals surface area contributed by atoms with Gasteiger partial charge in [-0.15, -0.1) is 0 Å². The zero-order valence-corrected chi connectivity index (χ0v) is 11.6. The average molecular weight is 220 g/mol. The SMILES string of the molecule is Cc1c(C)c(C)c(C(O)C(C)C)c(C)c1C. The third kappa shape index (κ3) is 2.01. The molecule has 0 radical (unpaired) electrons. The molecule has 0 aromatic heterocycles. The van der Waals surface area contributed by atoms with Gasteiger partial charge in [0.05, 0.1) is 6.10 Å². The Morgan fingerprint density at radius 1 is 0.688 bits per heavy atom. The van der Waals surface area contributed by atoms with Gasteiger partial charge < -0.3 is 5.11 Å². The van der Waals surface area contributed by atoms with E-state index in [0.717, 1.165) is 5.56 Å². The maximum absolute atomic E-state index is 10.3. The van der Waals surface area contributed by atoms with Crippen molar-refractivity contribution in [2.24, 2.45) is 5.92 Å². The highest BCUT2D eigenvalue weighted by molar-refractivity contribution is 5.50. The Hall–Kier alpha value is -0.820. The summed E-state index contributed by atoms with van der Waals surface area (Å²) in [5.74, 6) is 0.263. The van der Waals surface area contributed by atoms with Crippen LogP contribution < -0.4 is 0 Å². The van der Waals surface area contributed by atoms with Gasteiger partial charge in [-0.05, 0) is 73.9 Å². The lowest BCUT2D eigenvalue weighted by atomic mass is 9.84. The van der Waals surface area contributed by atoms with Gasteiger partial charge in [0.25, 0.3) is 0 Å². The van der Waals surface area contributed by atoms with Crippen LogP contribution in [0.3, 0.4) is 0 Å². The van der Waals surface area contributed by atoms with Crippen LogP contribution in [0, 0.1) is 40.5 Å². The summed E-state index contributed by atoms with van der Waals surface area (Å²) in [4.78, 5) is 0. The van der Waals surface area contributed by atoms with E-state index in [0.29, 0.717) is 0 Å². The lowest BCUT2D eigenvalue weighted by Gasteiger charge is -2.24. The van der Waals surface area contributed by atoms with Gasteiger partial charge >= 0.3 is 0 Å². The molecular weight excluding hydrogens is 196 g/mol. The van der Waals surface area contributed by atoms with E-state index in [4.69, 9.17) is 0 Å². The third-order valence-corrected chi connectivity index (χ3v) is 3.99. The molecule has 0 saturated heterocycles. The highest BCUT2D eigenvalue weighted by Gasteiger charge is 2.20. The Balaban J connectivity index is 3.51. The molecule has 0 bridgehead atoms. The van der Waals surface area contributed by atoms with Crippen molar-refractivity contribution in [2.45, 2.75) is 54.6 Å². The summed E-state index contributed by atoms with van der Waals surface area (Å²) in [5, 5.41) is 10.3. The molecule has 0 aliphatic carbocycles. The van der Waals surface area contributed by atoms with Gasteiger partial charge in [-0.1, -0.05) is 13.8 Å². The van der Waals surface area contributed by atoms with Crippen molar-refractivity contribution in [3.63, 3.8) is 0 Å². The molecule has 0 spiro atoms. The second-order valence-corrected chi connectivity index (χ2v) is 5.23. The minimum atomic E-state index is -0.349. The molecule has 1 aromatic rings. The third-order valence-electron chi connectivity index (χ3n) is 3.99. The van der Waals surface area contributed by atoms with Crippen molar-refractivity contribution >= 4 is 0 Å². The topological polar surface area (TPSA) is 20.2 Å². The Kier molecular flexibility index (Phi) is 3.80. The Morgan fingerprint density at radius 2 is 1.00 bits per heavy atom. The van der Waals surface area contributed by atoms with Gasteiger partial charge in [0.2, 0.25) is 0 Å². The molecule has 1 nitrogen and oxygen atoms in total. The zero-order valence-electron chi connectivity index (χ0n) is 11.6. The molecular formula is C15H24O. The van der Waals surface area contributed by atoms with E-state index in [9.17, 15) is 5.11 Å². The maximum atomic E-state index is 10.3. The van der Waals surface area contributed by atoms with Crippen LogP contribution in [0.1, 0.15) is 53.3 Å². The lowest BCUT2D eigenvalue weighted by Crippen LogP contribution is -2.12. The number of benzene rings is 1. The summed E-state index contributed by atoms with van der Waals surface area (Å²) in [5.41, 5.74) is 7.63. The summed E-state index contributed by atoms with van der Waals surface area (Å²) >= 11 is 0. The molecule has 1 rings (SSSR count). The fourth-order valence-electron chi connectivity index (χ4n) is 2.31. The van der Waals surface area contributed by atoms with Gasteiger partial charge in [0.1, 0.15) is 0 Å². The second-order valence-electron chi connectivity index (χ2n) is 5.23. The molecule has 0 saturated carbocycles. The molecule has 0 aliphatic rings. The summed E-state index contributed by atoms with van der Waals surface area (Å²) < 4.78 is 0. The molecule has 0 heterocycles. The summed E-state index contributed by atoms with van der Waals surface area (Å²) in [7, 11) is 0. The van der Waals surface area contributed by atoms with E-state index >= 15 is 0 Å². The second kappa shape index (κ2) is 4.58. The van der Waals surface area contributed by atoms with Crippen LogP contribution in [0.15, 0.2) is 0 Å². The van der Waals surface area contributed by atoms with Crippen LogP contribution >= 0.6 is 0 Å². The molecule has 0 amide bonds. The number of hydrogen-bond donors (Lipinski definition) is 1. The quantitative estimate of drug-likeness (QED) is 0.801. The van der Waals surface area contributed by atoms with Crippen molar-refractivity contribution in [3.8, 4) is 0 Å². The van der Waals surface area contributed by atoms with Gasteiger partial charge in [0.15, 0.2) is 0 Å². The fourth-order valence-corrected chi connectivity index (χ4v) is 2.31. The highest BCUT2D eigenvalue weighted by Crippen LogP contribution is 2.33. The summed E-state index contributed by atoms with van der Waals surface area (Å²) in [6.07, 6.45) is -0.349. The van der Waals surface area contributed by atoms with Crippen molar-refractivity contribution in [1.82, 2.24) is 0 Å². The average Bonchev–Trinajstić information content (AvgIpc) is 2.23. The van der Waals surface area contributed by atoms with Crippen molar-refractivity contribution in [2.75, 3.05) is 0 Å². The number of aliphatic hydroxyl groups is 1. The van der Waals surface area contributed by atoms with Crippen molar-refractivity contribution < 1.29 is 5.11 Å². The first-order valence-corrected chi connectivity index (χ1v) is 6.03. The van der Waals surface area contributed by atoms with E-state index in [1.165, 1.54) is 27.8 Å². The molecule has 1 N–H and O–H groups in total. The van der Waals surface area contributed by atoms with Crippen LogP contribution in [0.5, 0.6) is 0 Å². The molecule has 1 unspecified atom stereocenters. The van der Waals surface area contributed by atoms with Gasteiger partial charge in [-0.2, -0.15) is 0 Å². The molecule has 1 heteroatoms. The highest BCUT2D eigenvalue weighted by atomic mass is 16.3. The van der Waals surface area contributed by atoms with E-state index < -0.39 is 0 Å². The predicted octanol–water partition coefficient (Wildman–Crippen LogP) is 3.92. The molecule has 0 aliphatic heterocycles. The number of aliphatic hydroxyl groups excluding tert-OH is 1. The number of hydrogen-bond acceptors (Lipinski definition) is 1. The molecule has 1 atom stereocenters. The van der Waals surface area contributed by atoms with E-state index in [1.54, 1.807) is 0 Å². The molecule has 1 aromatic carbocycles. The molecule has 90 valence electrons. The van der Waals surface area contributed by atoms with Crippen LogP contribution in [-0.2, 0) is 0 Å². The van der Waals surface area contributed by atoms with Gasteiger partial charge in [0, 0.05) is 0 Å². The molecule has 16 heavy (non-hydrogen) atoms. The first kappa shape index (κ1) is 13.2. The minimum absolute atomic E-state index is 0.263. The maximum Gasteiger partial charge on any atom is 0.0818 e. The summed E-state index contributed by atoms with van der Waals surface area (Å²) in [6.45, 7) is 14.8. The van der Waals surface area contributed by atoms with Crippen molar-refractivity contribution in [3.05, 3.63) is 33.4 Å². The van der Waals surface area contributed by atoms with E-state index in [-0.39, 0.29) is 12.0 Å². The van der Waals surface area contributed by atoms with E-state index in [1.807, 2.05) is 0 Å². The normalized spacial score (nSPS) is 13.3. The van der Waals surface area contributed by atoms with E-state index in [2.05, 4.69) is 48.5 Å². The predicted molar refractivity (Wildman–Crippen MR) is 69.9 cm³/mol. The van der Waals surface area contributed by atoms with Crippen LogP contribution in [0.4, 0.5) is 0 Å².